The minimum atomic E-state index is -0.823. The molecule has 0 aromatic carbocycles. The molecule has 0 aliphatic carbocycles. The van der Waals surface area contributed by atoms with E-state index in [1.54, 1.807) is 11.7 Å². The van der Waals surface area contributed by atoms with Crippen LogP contribution in [0, 0.1) is 5.92 Å². The van der Waals surface area contributed by atoms with Gasteiger partial charge in [0, 0.05) is 7.05 Å². The van der Waals surface area contributed by atoms with Crippen LogP contribution >= 0.6 is 0 Å². The summed E-state index contributed by atoms with van der Waals surface area (Å²) in [5, 5.41) is 15.9. The summed E-state index contributed by atoms with van der Waals surface area (Å²) in [7, 11) is 1.78. The van der Waals surface area contributed by atoms with E-state index in [-0.39, 0.29) is 0 Å². The molecule has 0 aliphatic rings. The van der Waals surface area contributed by atoms with Crippen LogP contribution < -0.4 is 5.32 Å². The van der Waals surface area contributed by atoms with Gasteiger partial charge < -0.3 is 5.11 Å². The predicted molar refractivity (Wildman–Crippen MR) is 58.7 cm³/mol. The maximum absolute atomic E-state index is 11.0. The number of carboxylic acids is 1. The zero-order valence-corrected chi connectivity index (χ0v) is 9.84. The zero-order chi connectivity index (χ0) is 12.1. The fourth-order valence-electron chi connectivity index (χ4n) is 1.44. The van der Waals surface area contributed by atoms with Crippen molar-refractivity contribution in [2.24, 2.45) is 13.0 Å². The fraction of sp³-hybridized carbons (Fsp3) is 0.700. The Morgan fingerprint density at radius 1 is 1.62 bits per heavy atom. The van der Waals surface area contributed by atoms with Gasteiger partial charge in [0.1, 0.15) is 18.2 Å². The van der Waals surface area contributed by atoms with Crippen LogP contribution in [0.3, 0.4) is 0 Å². The SMILES string of the molecule is CC(C)CC(NCc1ncnn1C)C(=O)O. The van der Waals surface area contributed by atoms with Gasteiger partial charge in [0.05, 0.1) is 6.54 Å². The van der Waals surface area contributed by atoms with Crippen molar-refractivity contribution in [1.82, 2.24) is 20.1 Å². The highest BCUT2D eigenvalue weighted by Gasteiger charge is 2.18. The Balaban J connectivity index is 2.50. The van der Waals surface area contributed by atoms with E-state index < -0.39 is 12.0 Å². The fourth-order valence-corrected chi connectivity index (χ4v) is 1.44. The van der Waals surface area contributed by atoms with E-state index in [4.69, 9.17) is 5.11 Å². The quantitative estimate of drug-likeness (QED) is 0.734. The van der Waals surface area contributed by atoms with E-state index >= 15 is 0 Å². The van der Waals surface area contributed by atoms with E-state index in [1.807, 2.05) is 13.8 Å². The van der Waals surface area contributed by atoms with Gasteiger partial charge in [0.15, 0.2) is 0 Å². The smallest absolute Gasteiger partial charge is 0.320 e. The van der Waals surface area contributed by atoms with E-state index in [1.165, 1.54) is 6.33 Å². The number of aliphatic carboxylic acids is 1. The lowest BCUT2D eigenvalue weighted by molar-refractivity contribution is -0.140. The number of aryl methyl sites for hydroxylation is 1. The first-order valence-corrected chi connectivity index (χ1v) is 5.29. The summed E-state index contributed by atoms with van der Waals surface area (Å²) in [6.07, 6.45) is 2.06. The summed E-state index contributed by atoms with van der Waals surface area (Å²) in [4.78, 5) is 15.0. The van der Waals surface area contributed by atoms with Gasteiger partial charge in [0.2, 0.25) is 0 Å². The van der Waals surface area contributed by atoms with Gasteiger partial charge in [-0.25, -0.2) is 4.98 Å². The van der Waals surface area contributed by atoms with Crippen molar-refractivity contribution in [3.63, 3.8) is 0 Å². The Kier molecular flexibility index (Phi) is 4.42. The van der Waals surface area contributed by atoms with Crippen molar-refractivity contribution in [3.8, 4) is 0 Å². The van der Waals surface area contributed by atoms with E-state index in [0.717, 1.165) is 5.82 Å². The summed E-state index contributed by atoms with van der Waals surface area (Å²) in [6.45, 7) is 4.42. The number of rotatable bonds is 6. The summed E-state index contributed by atoms with van der Waals surface area (Å²) in [6, 6.07) is -0.531. The summed E-state index contributed by atoms with van der Waals surface area (Å²) in [5.74, 6) is 0.249. The Bertz CT molecular complexity index is 348. The molecule has 0 spiro atoms. The number of nitrogens with one attached hydrogen (secondary N) is 1. The average molecular weight is 226 g/mol. The van der Waals surface area contributed by atoms with Crippen LogP contribution in [0.4, 0.5) is 0 Å². The standard InChI is InChI=1S/C10H18N4O2/c1-7(2)4-8(10(15)16)11-5-9-12-6-13-14(9)3/h6-8,11H,4-5H2,1-3H3,(H,15,16). The minimum absolute atomic E-state index is 0.341. The Hall–Kier alpha value is -1.43. The second-order valence-electron chi connectivity index (χ2n) is 4.20. The van der Waals surface area contributed by atoms with Crippen LogP contribution in [-0.4, -0.2) is 31.9 Å². The molecule has 0 saturated carbocycles. The monoisotopic (exact) mass is 226 g/mol. The molecular weight excluding hydrogens is 208 g/mol. The van der Waals surface area contributed by atoms with Gasteiger partial charge in [-0.1, -0.05) is 13.8 Å². The van der Waals surface area contributed by atoms with Crippen molar-refractivity contribution in [1.29, 1.82) is 0 Å². The summed E-state index contributed by atoms with van der Waals surface area (Å²) >= 11 is 0. The van der Waals surface area contributed by atoms with Crippen LogP contribution in [0.15, 0.2) is 6.33 Å². The molecule has 0 fully saturated rings. The van der Waals surface area contributed by atoms with Crippen LogP contribution in [0.5, 0.6) is 0 Å². The molecule has 0 radical (unpaired) electrons. The lowest BCUT2D eigenvalue weighted by Crippen LogP contribution is -2.37. The molecular formula is C10H18N4O2. The maximum Gasteiger partial charge on any atom is 0.320 e. The highest BCUT2D eigenvalue weighted by Crippen LogP contribution is 2.05. The molecule has 1 rings (SSSR count). The molecule has 2 N–H and O–H groups in total. The molecule has 0 bridgehead atoms. The first-order valence-electron chi connectivity index (χ1n) is 5.29. The van der Waals surface area contributed by atoms with Crippen LogP contribution in [-0.2, 0) is 18.4 Å². The average Bonchev–Trinajstić information content (AvgIpc) is 2.57. The highest BCUT2D eigenvalue weighted by atomic mass is 16.4. The second kappa shape index (κ2) is 5.60. The van der Waals surface area contributed by atoms with E-state index in [9.17, 15) is 4.79 Å². The molecule has 1 unspecified atom stereocenters. The Labute approximate surface area is 94.7 Å². The molecule has 6 heteroatoms. The molecule has 6 nitrogen and oxygen atoms in total. The number of aromatic nitrogens is 3. The number of carbonyl (C=O) groups is 1. The van der Waals surface area contributed by atoms with Gasteiger partial charge >= 0.3 is 5.97 Å². The largest absolute Gasteiger partial charge is 0.480 e. The van der Waals surface area contributed by atoms with Crippen LogP contribution in [0.1, 0.15) is 26.1 Å². The highest BCUT2D eigenvalue weighted by molar-refractivity contribution is 5.73. The normalized spacial score (nSPS) is 13.0. The van der Waals surface area contributed by atoms with Crippen LogP contribution in [0.2, 0.25) is 0 Å². The third kappa shape index (κ3) is 3.62. The molecule has 16 heavy (non-hydrogen) atoms. The maximum atomic E-state index is 11.0. The van der Waals surface area contributed by atoms with E-state index in [0.29, 0.717) is 18.9 Å². The molecule has 1 aromatic rings. The molecule has 1 heterocycles. The van der Waals surface area contributed by atoms with Crippen molar-refractivity contribution < 1.29 is 9.90 Å². The Morgan fingerprint density at radius 2 is 2.31 bits per heavy atom. The predicted octanol–water partition coefficient (Wildman–Crippen LogP) is 0.404. The molecule has 0 amide bonds. The topological polar surface area (TPSA) is 80.0 Å². The minimum Gasteiger partial charge on any atom is -0.480 e. The number of hydrogen-bond acceptors (Lipinski definition) is 4. The van der Waals surface area contributed by atoms with Gasteiger partial charge in [-0.15, -0.1) is 0 Å². The van der Waals surface area contributed by atoms with Crippen molar-refractivity contribution in [2.75, 3.05) is 0 Å². The first kappa shape index (κ1) is 12.6. The molecule has 0 saturated heterocycles. The summed E-state index contributed by atoms with van der Waals surface area (Å²) < 4.78 is 1.63. The third-order valence-corrected chi connectivity index (χ3v) is 2.32. The van der Waals surface area contributed by atoms with Gasteiger partial charge in [0.25, 0.3) is 0 Å². The van der Waals surface area contributed by atoms with Gasteiger partial charge in [-0.3, -0.25) is 14.8 Å². The number of carboxylic acid groups (broad SMARTS) is 1. The molecule has 90 valence electrons. The van der Waals surface area contributed by atoms with Crippen molar-refractivity contribution >= 4 is 5.97 Å². The molecule has 0 aliphatic heterocycles. The zero-order valence-electron chi connectivity index (χ0n) is 9.84. The van der Waals surface area contributed by atoms with E-state index in [2.05, 4.69) is 15.4 Å². The first-order chi connectivity index (χ1) is 7.50. The number of hydrogen-bond donors (Lipinski definition) is 2. The van der Waals surface area contributed by atoms with Crippen molar-refractivity contribution in [3.05, 3.63) is 12.2 Å². The lowest BCUT2D eigenvalue weighted by Gasteiger charge is -2.15. The van der Waals surface area contributed by atoms with Crippen LogP contribution in [0.25, 0.3) is 0 Å². The van der Waals surface area contributed by atoms with Gasteiger partial charge in [-0.05, 0) is 12.3 Å². The second-order valence-corrected chi connectivity index (χ2v) is 4.20. The lowest BCUT2D eigenvalue weighted by atomic mass is 10.0. The summed E-state index contributed by atoms with van der Waals surface area (Å²) in [5.41, 5.74) is 0. The Morgan fingerprint density at radius 3 is 2.75 bits per heavy atom. The molecule has 1 atom stereocenters. The number of nitrogens with zero attached hydrogens (tertiary/aromatic N) is 3. The van der Waals surface area contributed by atoms with Gasteiger partial charge in [-0.2, -0.15) is 5.10 Å². The third-order valence-electron chi connectivity index (χ3n) is 2.32. The van der Waals surface area contributed by atoms with Crippen molar-refractivity contribution in [2.45, 2.75) is 32.9 Å². The molecule has 1 aromatic heterocycles.